The first kappa shape index (κ1) is 17.0. The molecule has 1 aromatic heterocycles. The Labute approximate surface area is 149 Å². The van der Waals surface area contributed by atoms with Crippen LogP contribution in [0.1, 0.15) is 10.4 Å². The molecule has 1 aliphatic rings. The fourth-order valence-corrected chi connectivity index (χ4v) is 4.18. The van der Waals surface area contributed by atoms with Gasteiger partial charge in [0.2, 0.25) is 0 Å². The number of thioether (sulfide) groups is 1. The average Bonchev–Trinajstić information content (AvgIpc) is 3.11. The maximum absolute atomic E-state index is 12.8. The lowest BCUT2D eigenvalue weighted by Gasteiger charge is -2.14. The topological polar surface area (TPSA) is 41.9 Å². The second kappa shape index (κ2) is 7.79. The van der Waals surface area contributed by atoms with Gasteiger partial charge in [-0.05, 0) is 53.9 Å². The molecule has 3 rings (SSSR count). The molecule has 0 N–H and O–H groups in total. The van der Waals surface area contributed by atoms with Gasteiger partial charge < -0.3 is 4.74 Å². The minimum Gasteiger partial charge on any atom is -0.383 e. The number of aryl methyl sites for hydroxylation is 1. The molecule has 0 aliphatic carbocycles. The Bertz CT molecular complexity index is 781. The van der Waals surface area contributed by atoms with Crippen LogP contribution in [0.5, 0.6) is 0 Å². The quantitative estimate of drug-likeness (QED) is 0.748. The van der Waals surface area contributed by atoms with Crippen LogP contribution in [0.2, 0.25) is 0 Å². The fourth-order valence-electron chi connectivity index (χ4n) is 2.24. The van der Waals surface area contributed by atoms with Gasteiger partial charge in [-0.15, -0.1) is 11.3 Å². The summed E-state index contributed by atoms with van der Waals surface area (Å²) in [5.74, 6) is -0.0143. The number of amidine groups is 1. The molecular weight excluding hydrogens is 340 g/mol. The van der Waals surface area contributed by atoms with E-state index in [1.807, 2.05) is 41.8 Å². The molecule has 4 nitrogen and oxygen atoms in total. The van der Waals surface area contributed by atoms with Crippen molar-refractivity contribution in [3.63, 3.8) is 0 Å². The van der Waals surface area contributed by atoms with Crippen LogP contribution in [0, 0.1) is 6.92 Å². The number of amides is 1. The zero-order valence-electron chi connectivity index (χ0n) is 13.6. The van der Waals surface area contributed by atoms with Gasteiger partial charge in [0.1, 0.15) is 0 Å². The first-order chi connectivity index (χ1) is 11.7. The lowest BCUT2D eigenvalue weighted by Crippen LogP contribution is -2.32. The standard InChI is InChI=1S/C18H18N2O2S2/c1-13-8-11-23-15(13)12-16-17(21)20(9-10-22-2)18(24-16)19-14-6-4-3-5-7-14/h3-8,11-12H,9-10H2,1-2H3/b16-12+,19-18?. The number of benzene rings is 1. The molecule has 1 amide bonds. The molecule has 2 heterocycles. The van der Waals surface area contributed by atoms with Gasteiger partial charge in [0.15, 0.2) is 5.17 Å². The van der Waals surface area contributed by atoms with Crippen LogP contribution in [0.3, 0.4) is 0 Å². The third kappa shape index (κ3) is 3.77. The second-order valence-electron chi connectivity index (χ2n) is 5.26. The number of carbonyl (C=O) groups is 1. The number of nitrogens with zero attached hydrogens (tertiary/aromatic N) is 2. The summed E-state index contributed by atoms with van der Waals surface area (Å²) in [5, 5.41) is 2.73. The van der Waals surface area contributed by atoms with Crippen LogP contribution in [-0.4, -0.2) is 36.2 Å². The predicted octanol–water partition coefficient (Wildman–Crippen LogP) is 4.31. The van der Waals surface area contributed by atoms with Crippen LogP contribution in [0.15, 0.2) is 51.7 Å². The SMILES string of the molecule is COCCN1C(=O)/C(=C\c2sccc2C)SC1=Nc1ccccc1. The van der Waals surface area contributed by atoms with Gasteiger partial charge in [-0.2, -0.15) is 0 Å². The molecule has 2 aromatic rings. The van der Waals surface area contributed by atoms with E-state index in [9.17, 15) is 4.79 Å². The van der Waals surface area contributed by atoms with Crippen molar-refractivity contribution in [2.75, 3.05) is 20.3 Å². The summed E-state index contributed by atoms with van der Waals surface area (Å²) >= 11 is 3.06. The Kier molecular flexibility index (Phi) is 5.50. The maximum Gasteiger partial charge on any atom is 0.266 e. The number of thiophene rings is 1. The molecule has 6 heteroatoms. The van der Waals surface area contributed by atoms with Crippen molar-refractivity contribution < 1.29 is 9.53 Å². The number of carbonyl (C=O) groups excluding carboxylic acids is 1. The first-order valence-electron chi connectivity index (χ1n) is 7.57. The molecule has 1 fully saturated rings. The van der Waals surface area contributed by atoms with Crippen molar-refractivity contribution in [3.05, 3.63) is 57.1 Å². The van der Waals surface area contributed by atoms with Gasteiger partial charge in [0.25, 0.3) is 5.91 Å². The Morgan fingerprint density at radius 3 is 2.71 bits per heavy atom. The summed E-state index contributed by atoms with van der Waals surface area (Å²) in [4.78, 5) is 20.9. The molecule has 0 spiro atoms. The molecular formula is C18H18N2O2S2. The maximum atomic E-state index is 12.8. The smallest absolute Gasteiger partial charge is 0.266 e. The highest BCUT2D eigenvalue weighted by atomic mass is 32.2. The Balaban J connectivity index is 1.92. The van der Waals surface area contributed by atoms with Gasteiger partial charge in [-0.25, -0.2) is 4.99 Å². The number of ether oxygens (including phenoxy) is 1. The van der Waals surface area contributed by atoms with Crippen LogP contribution in [-0.2, 0) is 9.53 Å². The van der Waals surface area contributed by atoms with E-state index in [2.05, 4.69) is 18.0 Å². The summed E-state index contributed by atoms with van der Waals surface area (Å²) < 4.78 is 5.14. The van der Waals surface area contributed by atoms with E-state index in [0.717, 1.165) is 10.6 Å². The lowest BCUT2D eigenvalue weighted by atomic mass is 10.2. The number of hydrogen-bond acceptors (Lipinski definition) is 5. The largest absolute Gasteiger partial charge is 0.383 e. The van der Waals surface area contributed by atoms with Gasteiger partial charge in [0.05, 0.1) is 23.7 Å². The summed E-state index contributed by atoms with van der Waals surface area (Å²) in [6, 6.07) is 11.7. The Morgan fingerprint density at radius 2 is 2.04 bits per heavy atom. The Morgan fingerprint density at radius 1 is 1.25 bits per heavy atom. The molecule has 0 atom stereocenters. The molecule has 24 heavy (non-hydrogen) atoms. The van der Waals surface area contributed by atoms with E-state index in [0.29, 0.717) is 23.2 Å². The van der Waals surface area contributed by atoms with E-state index >= 15 is 0 Å². The number of para-hydroxylation sites is 1. The van der Waals surface area contributed by atoms with Crippen molar-refractivity contribution in [2.24, 2.45) is 4.99 Å². The monoisotopic (exact) mass is 358 g/mol. The normalized spacial score (nSPS) is 18.1. The zero-order chi connectivity index (χ0) is 16.9. The van der Waals surface area contributed by atoms with E-state index in [1.54, 1.807) is 23.3 Å². The highest BCUT2D eigenvalue weighted by molar-refractivity contribution is 8.18. The molecule has 124 valence electrons. The molecule has 0 saturated carbocycles. The summed E-state index contributed by atoms with van der Waals surface area (Å²) in [7, 11) is 1.63. The summed E-state index contributed by atoms with van der Waals surface area (Å²) in [5.41, 5.74) is 2.02. The third-order valence-electron chi connectivity index (χ3n) is 3.55. The number of aliphatic imine (C=N–C) groups is 1. The van der Waals surface area contributed by atoms with Gasteiger partial charge in [-0.3, -0.25) is 9.69 Å². The van der Waals surface area contributed by atoms with E-state index in [1.165, 1.54) is 17.3 Å². The van der Waals surface area contributed by atoms with Gasteiger partial charge in [0, 0.05) is 12.0 Å². The second-order valence-corrected chi connectivity index (χ2v) is 7.21. The van der Waals surface area contributed by atoms with Crippen LogP contribution >= 0.6 is 23.1 Å². The number of methoxy groups -OCH3 is 1. The van der Waals surface area contributed by atoms with Gasteiger partial charge >= 0.3 is 0 Å². The molecule has 0 unspecified atom stereocenters. The third-order valence-corrected chi connectivity index (χ3v) is 5.52. The van der Waals surface area contributed by atoms with Crippen LogP contribution in [0.4, 0.5) is 5.69 Å². The van der Waals surface area contributed by atoms with Crippen molar-refractivity contribution in [3.8, 4) is 0 Å². The fraction of sp³-hybridized carbons (Fsp3) is 0.222. The molecule has 0 bridgehead atoms. The first-order valence-corrected chi connectivity index (χ1v) is 9.27. The highest BCUT2D eigenvalue weighted by Crippen LogP contribution is 2.35. The molecule has 1 saturated heterocycles. The minimum absolute atomic E-state index is 0.0143. The minimum atomic E-state index is -0.0143. The molecule has 1 aliphatic heterocycles. The van der Waals surface area contributed by atoms with Gasteiger partial charge in [-0.1, -0.05) is 18.2 Å². The van der Waals surface area contributed by atoms with Crippen LogP contribution in [0.25, 0.3) is 6.08 Å². The molecule has 1 aromatic carbocycles. The average molecular weight is 358 g/mol. The van der Waals surface area contributed by atoms with Crippen molar-refractivity contribution in [1.29, 1.82) is 0 Å². The van der Waals surface area contributed by atoms with Crippen molar-refractivity contribution in [2.45, 2.75) is 6.92 Å². The Hall–Kier alpha value is -1.89. The zero-order valence-corrected chi connectivity index (χ0v) is 15.2. The van der Waals surface area contributed by atoms with Crippen LogP contribution < -0.4 is 0 Å². The van der Waals surface area contributed by atoms with Crippen molar-refractivity contribution in [1.82, 2.24) is 4.90 Å². The summed E-state index contributed by atoms with van der Waals surface area (Å²) in [6.07, 6.45) is 1.96. The van der Waals surface area contributed by atoms with Crippen molar-refractivity contribution >= 4 is 45.9 Å². The van der Waals surface area contributed by atoms with E-state index in [-0.39, 0.29) is 5.91 Å². The van der Waals surface area contributed by atoms with E-state index < -0.39 is 0 Å². The molecule has 0 radical (unpaired) electrons. The predicted molar refractivity (Wildman–Crippen MR) is 102 cm³/mol. The highest BCUT2D eigenvalue weighted by Gasteiger charge is 2.33. The number of hydrogen-bond donors (Lipinski definition) is 0. The summed E-state index contributed by atoms with van der Waals surface area (Å²) in [6.45, 7) is 3.02. The number of rotatable bonds is 5. The van der Waals surface area contributed by atoms with E-state index in [4.69, 9.17) is 4.74 Å². The lowest BCUT2D eigenvalue weighted by molar-refractivity contribution is -0.122.